The lowest BCUT2D eigenvalue weighted by Gasteiger charge is -2.38. The average molecular weight is 584 g/mol. The van der Waals surface area contributed by atoms with E-state index < -0.39 is 27.2 Å². The Morgan fingerprint density at radius 1 is 0.902 bits per heavy atom. The van der Waals surface area contributed by atoms with Crippen LogP contribution in [-0.2, 0) is 20.6 Å². The van der Waals surface area contributed by atoms with E-state index in [0.717, 1.165) is 17.7 Å². The third kappa shape index (κ3) is 4.49. The number of thioether (sulfide) groups is 1. The number of nitrogens with zero attached hydrogens (tertiary/aromatic N) is 5. The van der Waals surface area contributed by atoms with Crippen LogP contribution >= 0.6 is 11.8 Å². The number of nitro benzene ring substituents is 1. The summed E-state index contributed by atoms with van der Waals surface area (Å²) in [5, 5.41) is 11.6. The van der Waals surface area contributed by atoms with Crippen molar-refractivity contribution < 1.29 is 27.7 Å². The first-order valence-electron chi connectivity index (χ1n) is 12.9. The number of para-hydroxylation sites is 2. The van der Waals surface area contributed by atoms with Crippen LogP contribution in [0.1, 0.15) is 11.1 Å². The van der Waals surface area contributed by atoms with Gasteiger partial charge in [0.25, 0.3) is 11.6 Å². The Balaban J connectivity index is 1.23. The highest BCUT2D eigenvalue weighted by Crippen LogP contribution is 2.55. The van der Waals surface area contributed by atoms with Crippen molar-refractivity contribution in [2.24, 2.45) is 0 Å². The van der Waals surface area contributed by atoms with Gasteiger partial charge in [-0.1, -0.05) is 36.4 Å². The second-order valence-electron chi connectivity index (χ2n) is 9.95. The molecule has 2 saturated heterocycles. The zero-order valence-corrected chi connectivity index (χ0v) is 22.4. The molecular weight excluding hydrogens is 559 g/mol. The summed E-state index contributed by atoms with van der Waals surface area (Å²) < 4.78 is 39.4. The molecular formula is C28H24F3N5O4S. The summed E-state index contributed by atoms with van der Waals surface area (Å²) in [5.41, 5.74) is 0.551. The molecule has 212 valence electrons. The van der Waals surface area contributed by atoms with Gasteiger partial charge in [0.2, 0.25) is 10.8 Å². The molecule has 3 aliphatic rings. The Bertz CT molecular complexity index is 1530. The van der Waals surface area contributed by atoms with Crippen molar-refractivity contribution in [3.63, 3.8) is 0 Å². The van der Waals surface area contributed by atoms with Crippen molar-refractivity contribution in [3.8, 4) is 0 Å². The van der Waals surface area contributed by atoms with E-state index in [1.165, 1.54) is 11.8 Å². The third-order valence-corrected chi connectivity index (χ3v) is 9.02. The van der Waals surface area contributed by atoms with Gasteiger partial charge in [-0.05, 0) is 30.3 Å². The number of hydrogen-bond donors (Lipinski definition) is 0. The Morgan fingerprint density at radius 2 is 1.59 bits per heavy atom. The van der Waals surface area contributed by atoms with E-state index in [2.05, 4.69) is 0 Å². The molecule has 1 spiro atoms. The van der Waals surface area contributed by atoms with Gasteiger partial charge in [-0.15, -0.1) is 11.8 Å². The number of piperazine rings is 1. The molecule has 3 aliphatic heterocycles. The van der Waals surface area contributed by atoms with E-state index in [4.69, 9.17) is 0 Å². The molecule has 0 aliphatic carbocycles. The van der Waals surface area contributed by atoms with Gasteiger partial charge in [0.15, 0.2) is 0 Å². The molecule has 1 unspecified atom stereocenters. The number of benzene rings is 3. The minimum Gasteiger partial charge on any atom is -0.363 e. The fourth-order valence-electron chi connectivity index (χ4n) is 5.72. The highest BCUT2D eigenvalue weighted by atomic mass is 32.2. The quantitative estimate of drug-likeness (QED) is 0.319. The van der Waals surface area contributed by atoms with Gasteiger partial charge < -0.3 is 4.90 Å². The van der Waals surface area contributed by atoms with Crippen LogP contribution in [0.5, 0.6) is 0 Å². The van der Waals surface area contributed by atoms with Gasteiger partial charge in [0, 0.05) is 43.5 Å². The molecule has 0 aromatic heterocycles. The summed E-state index contributed by atoms with van der Waals surface area (Å²) in [7, 11) is 0. The Morgan fingerprint density at radius 3 is 2.27 bits per heavy atom. The van der Waals surface area contributed by atoms with Gasteiger partial charge >= 0.3 is 6.18 Å². The first kappa shape index (κ1) is 27.1. The molecule has 0 radical (unpaired) electrons. The van der Waals surface area contributed by atoms with Crippen LogP contribution in [0.3, 0.4) is 0 Å². The smallest absolute Gasteiger partial charge is 0.363 e. The number of halogens is 3. The van der Waals surface area contributed by atoms with E-state index in [-0.39, 0.29) is 29.9 Å². The van der Waals surface area contributed by atoms with Gasteiger partial charge in [-0.2, -0.15) is 13.2 Å². The summed E-state index contributed by atoms with van der Waals surface area (Å²) in [6.45, 7) is 1.73. The number of carbonyl (C=O) groups is 2. The second kappa shape index (κ2) is 10.1. The fraction of sp³-hybridized carbons (Fsp3) is 0.286. The zero-order chi connectivity index (χ0) is 28.9. The van der Waals surface area contributed by atoms with E-state index in [0.29, 0.717) is 43.6 Å². The Labute approximate surface area is 237 Å². The number of nitro groups is 1. The highest BCUT2D eigenvalue weighted by molar-refractivity contribution is 8.02. The number of carbonyl (C=O) groups excluding carboxylic acids is 2. The first-order valence-corrected chi connectivity index (χ1v) is 13.9. The molecule has 2 fully saturated rings. The SMILES string of the molecule is O=C1CSC2(C(=O)N(CN3CCN(c4ccc(C(F)(F)F)cc4[N+](=O)[O-])CC3)c3ccccc32)N1c1ccccc1. The van der Waals surface area contributed by atoms with Crippen LogP contribution in [0.2, 0.25) is 0 Å². The molecule has 0 bridgehead atoms. The molecule has 0 saturated carbocycles. The maximum absolute atomic E-state index is 14.2. The number of hydrogen-bond acceptors (Lipinski definition) is 7. The van der Waals surface area contributed by atoms with Gasteiger partial charge in [0.05, 0.1) is 28.6 Å². The lowest BCUT2D eigenvalue weighted by Crippen LogP contribution is -2.54. The number of fused-ring (bicyclic) bond motifs is 2. The maximum atomic E-state index is 14.2. The first-order chi connectivity index (χ1) is 19.6. The zero-order valence-electron chi connectivity index (χ0n) is 21.6. The number of alkyl halides is 3. The Hall–Kier alpha value is -4.10. The molecule has 0 N–H and O–H groups in total. The number of amides is 2. The molecule has 3 aromatic rings. The average Bonchev–Trinajstić information content (AvgIpc) is 3.43. The predicted molar refractivity (Wildman–Crippen MR) is 149 cm³/mol. The van der Waals surface area contributed by atoms with Crippen molar-refractivity contribution in [3.05, 3.63) is 94.0 Å². The summed E-state index contributed by atoms with van der Waals surface area (Å²) in [6, 6.07) is 19.1. The Kier molecular flexibility index (Phi) is 6.65. The third-order valence-electron chi connectivity index (χ3n) is 7.63. The standard InChI is InChI=1S/C28H24F3N5O4S/c29-28(30,31)19-10-11-23(24(16-19)36(39)40)33-14-12-32(13-15-33)18-34-22-9-5-4-8-21(22)27(26(34)38)35(25(37)17-41-27)20-6-2-1-3-7-20/h1-11,16H,12-15,17-18H2. The molecule has 1 atom stereocenters. The topological polar surface area (TPSA) is 90.2 Å². The fourth-order valence-corrected chi connectivity index (χ4v) is 7.08. The van der Waals surface area contributed by atoms with Crippen LogP contribution in [0, 0.1) is 10.1 Å². The van der Waals surface area contributed by atoms with Gasteiger partial charge in [0.1, 0.15) is 5.69 Å². The number of anilines is 3. The molecule has 41 heavy (non-hydrogen) atoms. The van der Waals surface area contributed by atoms with E-state index in [1.54, 1.807) is 14.7 Å². The lowest BCUT2D eigenvalue weighted by atomic mass is 10.0. The van der Waals surface area contributed by atoms with E-state index in [9.17, 15) is 32.9 Å². The molecule has 9 nitrogen and oxygen atoms in total. The van der Waals surface area contributed by atoms with Crippen molar-refractivity contribution >= 4 is 46.3 Å². The van der Waals surface area contributed by atoms with Gasteiger partial charge in [-0.3, -0.25) is 34.4 Å². The summed E-state index contributed by atoms with van der Waals surface area (Å²) in [6.07, 6.45) is -4.68. The molecule has 13 heteroatoms. The van der Waals surface area contributed by atoms with Crippen LogP contribution in [-0.4, -0.2) is 60.2 Å². The highest BCUT2D eigenvalue weighted by Gasteiger charge is 2.61. The molecule has 2 amide bonds. The summed E-state index contributed by atoms with van der Waals surface area (Å²) in [5.74, 6) is -0.218. The largest absolute Gasteiger partial charge is 0.416 e. The van der Waals surface area contributed by atoms with E-state index in [1.807, 2.05) is 59.5 Å². The molecule has 3 aromatic carbocycles. The van der Waals surface area contributed by atoms with Crippen LogP contribution in [0.25, 0.3) is 0 Å². The van der Waals surface area contributed by atoms with Gasteiger partial charge in [-0.25, -0.2) is 0 Å². The van der Waals surface area contributed by atoms with Crippen molar-refractivity contribution in [2.45, 2.75) is 11.0 Å². The second-order valence-corrected chi connectivity index (χ2v) is 11.1. The molecule has 3 heterocycles. The lowest BCUT2D eigenvalue weighted by molar-refractivity contribution is -0.384. The summed E-state index contributed by atoms with van der Waals surface area (Å²) >= 11 is 1.30. The molecule has 6 rings (SSSR count). The van der Waals surface area contributed by atoms with Crippen LogP contribution < -0.4 is 14.7 Å². The van der Waals surface area contributed by atoms with E-state index >= 15 is 0 Å². The monoisotopic (exact) mass is 583 g/mol. The predicted octanol–water partition coefficient (Wildman–Crippen LogP) is 4.67. The van der Waals surface area contributed by atoms with Crippen LogP contribution in [0.15, 0.2) is 72.8 Å². The minimum absolute atomic E-state index is 0.128. The van der Waals surface area contributed by atoms with Crippen molar-refractivity contribution in [1.29, 1.82) is 0 Å². The number of rotatable bonds is 5. The van der Waals surface area contributed by atoms with Crippen LogP contribution in [0.4, 0.5) is 35.9 Å². The van der Waals surface area contributed by atoms with Crippen molar-refractivity contribution in [1.82, 2.24) is 4.90 Å². The maximum Gasteiger partial charge on any atom is 0.416 e. The normalized spacial score (nSPS) is 21.2. The summed E-state index contributed by atoms with van der Waals surface area (Å²) in [4.78, 5) is 43.9. The van der Waals surface area contributed by atoms with Crippen molar-refractivity contribution in [2.75, 3.05) is 53.3 Å². The minimum atomic E-state index is -4.68.